The van der Waals surface area contributed by atoms with Gasteiger partial charge in [0.05, 0.1) is 0 Å². The largest absolute Gasteiger partial charge is 1.00 e. The molecule has 1 aromatic carbocycles. The van der Waals surface area contributed by atoms with Crippen LogP contribution >= 0.6 is 11.6 Å². The number of benzene rings is 1. The highest BCUT2D eigenvalue weighted by Crippen LogP contribution is 2.21. The van der Waals surface area contributed by atoms with Crippen LogP contribution in [0.3, 0.4) is 0 Å². The number of nitrogens with two attached hydrogens (primary N) is 1. The van der Waals surface area contributed by atoms with E-state index < -0.39 is 0 Å². The fourth-order valence-corrected chi connectivity index (χ4v) is 1.17. The quantitative estimate of drug-likeness (QED) is 0.709. The molecule has 1 rings (SSSR count). The highest BCUT2D eigenvalue weighted by atomic mass is 35.5. The monoisotopic (exact) mass is 220 g/mol. The van der Waals surface area contributed by atoms with Crippen LogP contribution in [0.5, 0.6) is 5.75 Å². The van der Waals surface area contributed by atoms with E-state index in [4.69, 9.17) is 22.1 Å². The van der Waals surface area contributed by atoms with Crippen LogP contribution < -0.4 is 22.9 Å². The molecule has 74 valence electrons. The average Bonchev–Trinajstić information content (AvgIpc) is 2.03. The molecule has 13 heavy (non-hydrogen) atoms. The lowest BCUT2D eigenvalue weighted by Crippen LogP contribution is -3.00. The number of aryl methyl sites for hydroxylation is 1. The minimum atomic E-state index is 0. The van der Waals surface area contributed by atoms with Crippen LogP contribution in [-0.2, 0) is 0 Å². The molecule has 1 aromatic rings. The normalized spacial score (nSPS) is 9.15. The van der Waals surface area contributed by atoms with Gasteiger partial charge in [0.2, 0.25) is 0 Å². The zero-order chi connectivity index (χ0) is 8.97. The van der Waals surface area contributed by atoms with Crippen molar-refractivity contribution in [1.29, 1.82) is 0 Å². The van der Waals surface area contributed by atoms with Gasteiger partial charge in [0.1, 0.15) is 12.4 Å². The van der Waals surface area contributed by atoms with E-state index in [-0.39, 0.29) is 12.4 Å². The average molecular weight is 221 g/mol. The Morgan fingerprint density at radius 3 is 2.69 bits per heavy atom. The Hall–Kier alpha value is -0.440. The van der Waals surface area contributed by atoms with Gasteiger partial charge in [-0.3, -0.25) is 0 Å². The summed E-state index contributed by atoms with van der Waals surface area (Å²) in [7, 11) is 0. The topological polar surface area (TPSA) is 35.2 Å². The minimum Gasteiger partial charge on any atom is -1.00 e. The molecule has 0 heterocycles. The summed E-state index contributed by atoms with van der Waals surface area (Å²) in [5, 5.41) is 0.729. The summed E-state index contributed by atoms with van der Waals surface area (Å²) in [5.41, 5.74) is 6.34. The van der Waals surface area contributed by atoms with E-state index in [0.29, 0.717) is 13.2 Å². The molecule has 0 aliphatic rings. The molecule has 0 fully saturated rings. The first-order valence-electron chi connectivity index (χ1n) is 3.83. The molecular weight excluding hydrogens is 209 g/mol. The molecule has 2 N–H and O–H groups in total. The number of hydrogen-bond acceptors (Lipinski definition) is 2. The molecule has 0 spiro atoms. The molecule has 0 aromatic heterocycles. The standard InChI is InChI=1S/C9H12ClNO.ClH/c1-7-6-8(10)2-3-9(7)12-5-4-11;/h2-3,6H,4-5,11H2,1H3;1H/p-1. The van der Waals surface area contributed by atoms with Crippen molar-refractivity contribution in [3.63, 3.8) is 0 Å². The van der Waals surface area contributed by atoms with Crippen LogP contribution in [0, 0.1) is 6.92 Å². The van der Waals surface area contributed by atoms with Crippen molar-refractivity contribution in [3.05, 3.63) is 28.8 Å². The summed E-state index contributed by atoms with van der Waals surface area (Å²) < 4.78 is 5.36. The summed E-state index contributed by atoms with van der Waals surface area (Å²) >= 11 is 5.77. The molecule has 0 aliphatic heterocycles. The zero-order valence-electron chi connectivity index (χ0n) is 7.39. The van der Waals surface area contributed by atoms with E-state index in [1.165, 1.54) is 0 Å². The Bertz CT molecular complexity index is 266. The summed E-state index contributed by atoms with van der Waals surface area (Å²) in [5.74, 6) is 0.852. The third kappa shape index (κ3) is 3.85. The lowest BCUT2D eigenvalue weighted by atomic mass is 10.2. The number of ether oxygens (including phenoxy) is 1. The van der Waals surface area contributed by atoms with Gasteiger partial charge in [-0.1, -0.05) is 11.6 Å². The Kier molecular flexibility index (Phi) is 5.88. The predicted octanol–water partition coefficient (Wildman–Crippen LogP) is -1.01. The number of hydrogen-bond donors (Lipinski definition) is 1. The van der Waals surface area contributed by atoms with E-state index in [0.717, 1.165) is 16.3 Å². The fraction of sp³-hybridized carbons (Fsp3) is 0.333. The van der Waals surface area contributed by atoms with E-state index in [1.54, 1.807) is 6.07 Å². The third-order valence-corrected chi connectivity index (χ3v) is 1.75. The molecule has 0 atom stereocenters. The Morgan fingerprint density at radius 2 is 2.15 bits per heavy atom. The van der Waals surface area contributed by atoms with Crippen molar-refractivity contribution >= 4 is 11.6 Å². The van der Waals surface area contributed by atoms with E-state index >= 15 is 0 Å². The minimum absolute atomic E-state index is 0. The first kappa shape index (κ1) is 12.6. The van der Waals surface area contributed by atoms with Gasteiger partial charge in [0.15, 0.2) is 0 Å². The van der Waals surface area contributed by atoms with Gasteiger partial charge in [-0.2, -0.15) is 0 Å². The molecular formula is C9H12Cl2NO-. The molecule has 0 amide bonds. The summed E-state index contributed by atoms with van der Waals surface area (Å²) in [6.45, 7) is 3.03. The summed E-state index contributed by atoms with van der Waals surface area (Å²) in [4.78, 5) is 0. The van der Waals surface area contributed by atoms with Crippen molar-refractivity contribution in [1.82, 2.24) is 0 Å². The highest BCUT2D eigenvalue weighted by molar-refractivity contribution is 6.30. The van der Waals surface area contributed by atoms with Gasteiger partial charge >= 0.3 is 0 Å². The zero-order valence-corrected chi connectivity index (χ0v) is 8.90. The second kappa shape index (κ2) is 6.08. The van der Waals surface area contributed by atoms with E-state index in [2.05, 4.69) is 0 Å². The van der Waals surface area contributed by atoms with Crippen LogP contribution in [-0.4, -0.2) is 13.2 Å². The maximum absolute atomic E-state index is 5.77. The van der Waals surface area contributed by atoms with Gasteiger partial charge in [-0.15, -0.1) is 0 Å². The molecule has 2 nitrogen and oxygen atoms in total. The molecule has 0 saturated heterocycles. The third-order valence-electron chi connectivity index (χ3n) is 1.51. The number of halogens is 2. The lowest BCUT2D eigenvalue weighted by Gasteiger charge is -2.07. The summed E-state index contributed by atoms with van der Waals surface area (Å²) in [6.07, 6.45) is 0. The van der Waals surface area contributed by atoms with Crippen LogP contribution in [0.1, 0.15) is 5.56 Å². The van der Waals surface area contributed by atoms with E-state index in [9.17, 15) is 0 Å². The Morgan fingerprint density at radius 1 is 1.46 bits per heavy atom. The molecule has 0 saturated carbocycles. The van der Waals surface area contributed by atoms with Gasteiger partial charge in [-0.05, 0) is 30.7 Å². The second-order valence-corrected chi connectivity index (χ2v) is 2.98. The SMILES string of the molecule is Cc1cc(Cl)ccc1OCCN.[Cl-]. The van der Waals surface area contributed by atoms with Gasteiger partial charge in [0, 0.05) is 11.6 Å². The lowest BCUT2D eigenvalue weighted by molar-refractivity contribution is -0.00000290. The van der Waals surface area contributed by atoms with Gasteiger partial charge in [0.25, 0.3) is 0 Å². The highest BCUT2D eigenvalue weighted by Gasteiger charge is 1.98. The number of rotatable bonds is 3. The first-order chi connectivity index (χ1) is 5.74. The molecule has 0 aliphatic carbocycles. The summed E-state index contributed by atoms with van der Waals surface area (Å²) in [6, 6.07) is 5.53. The van der Waals surface area contributed by atoms with Gasteiger partial charge < -0.3 is 22.9 Å². The van der Waals surface area contributed by atoms with Crippen LogP contribution in [0.2, 0.25) is 5.02 Å². The maximum Gasteiger partial charge on any atom is 0.122 e. The fourth-order valence-electron chi connectivity index (χ4n) is 0.944. The van der Waals surface area contributed by atoms with Crippen molar-refractivity contribution in [2.75, 3.05) is 13.2 Å². The predicted molar refractivity (Wildman–Crippen MR) is 50.7 cm³/mol. The molecule has 0 unspecified atom stereocenters. The van der Waals surface area contributed by atoms with Crippen molar-refractivity contribution in [2.45, 2.75) is 6.92 Å². The Balaban J connectivity index is 0.00000144. The van der Waals surface area contributed by atoms with Crippen LogP contribution in [0.4, 0.5) is 0 Å². The molecule has 0 bridgehead atoms. The molecule has 4 heteroatoms. The van der Waals surface area contributed by atoms with Crippen molar-refractivity contribution in [2.24, 2.45) is 5.73 Å². The van der Waals surface area contributed by atoms with Crippen molar-refractivity contribution in [3.8, 4) is 5.75 Å². The second-order valence-electron chi connectivity index (χ2n) is 2.55. The maximum atomic E-state index is 5.77. The smallest absolute Gasteiger partial charge is 0.122 e. The first-order valence-corrected chi connectivity index (χ1v) is 4.21. The van der Waals surface area contributed by atoms with E-state index in [1.807, 2.05) is 19.1 Å². The Labute approximate surface area is 89.4 Å². The van der Waals surface area contributed by atoms with Crippen molar-refractivity contribution < 1.29 is 17.1 Å². The van der Waals surface area contributed by atoms with Crippen LogP contribution in [0.15, 0.2) is 18.2 Å². The van der Waals surface area contributed by atoms with Gasteiger partial charge in [-0.25, -0.2) is 0 Å². The van der Waals surface area contributed by atoms with Crippen LogP contribution in [0.25, 0.3) is 0 Å². The molecule has 0 radical (unpaired) electrons.